The second-order valence-electron chi connectivity index (χ2n) is 5.96. The molecule has 1 aliphatic rings. The van der Waals surface area contributed by atoms with Gasteiger partial charge in [0.05, 0.1) is 12.6 Å². The molecule has 2 aromatic carbocycles. The lowest BCUT2D eigenvalue weighted by Gasteiger charge is -2.42. The van der Waals surface area contributed by atoms with Crippen molar-refractivity contribution in [2.45, 2.75) is 19.1 Å². The topological polar surface area (TPSA) is 55.8 Å². The number of esters is 1. The van der Waals surface area contributed by atoms with E-state index < -0.39 is 24.2 Å². The molecule has 130 valence electrons. The first kappa shape index (κ1) is 17.0. The Morgan fingerprint density at radius 3 is 2.16 bits per heavy atom. The van der Waals surface area contributed by atoms with Crippen LogP contribution in [0.2, 0.25) is 0 Å². The molecule has 5 heteroatoms. The zero-order valence-corrected chi connectivity index (χ0v) is 14.3. The summed E-state index contributed by atoms with van der Waals surface area (Å²) in [4.78, 5) is 26.7. The molecule has 1 heterocycles. The highest BCUT2D eigenvalue weighted by Crippen LogP contribution is 2.43. The van der Waals surface area contributed by atoms with E-state index in [4.69, 9.17) is 9.47 Å². The fourth-order valence-electron chi connectivity index (χ4n) is 3.28. The average molecular weight is 339 g/mol. The monoisotopic (exact) mass is 339 g/mol. The maximum absolute atomic E-state index is 12.8. The fourth-order valence-corrected chi connectivity index (χ4v) is 3.28. The van der Waals surface area contributed by atoms with Gasteiger partial charge in [-0.15, -0.1) is 0 Å². The number of benzene rings is 2. The van der Waals surface area contributed by atoms with Gasteiger partial charge < -0.3 is 14.4 Å². The second kappa shape index (κ2) is 7.38. The van der Waals surface area contributed by atoms with Crippen molar-refractivity contribution in [3.05, 3.63) is 71.8 Å². The lowest BCUT2D eigenvalue weighted by molar-refractivity contribution is -0.160. The van der Waals surface area contributed by atoms with E-state index >= 15 is 0 Å². The van der Waals surface area contributed by atoms with Crippen LogP contribution < -0.4 is 0 Å². The van der Waals surface area contributed by atoms with Crippen LogP contribution in [0.1, 0.15) is 30.2 Å². The molecule has 3 unspecified atom stereocenters. The second-order valence-corrected chi connectivity index (χ2v) is 5.96. The summed E-state index contributed by atoms with van der Waals surface area (Å²) in [6.07, 6.45) is -1.14. The van der Waals surface area contributed by atoms with Gasteiger partial charge in [0.2, 0.25) is 0 Å². The van der Waals surface area contributed by atoms with Crippen molar-refractivity contribution in [1.29, 1.82) is 0 Å². The van der Waals surface area contributed by atoms with Crippen LogP contribution in [0.25, 0.3) is 0 Å². The standard InChI is InChI=1S/C20H21NO4/c1-3-24-19(22)16-17(14-10-6-4-7-11-14)21(2)20(23)25-18(16)15-12-8-5-9-13-15/h4-13,16-18H,3H2,1-2H3. The summed E-state index contributed by atoms with van der Waals surface area (Å²) in [5.41, 5.74) is 1.66. The Labute approximate surface area is 147 Å². The summed E-state index contributed by atoms with van der Waals surface area (Å²) in [5, 5.41) is 0. The summed E-state index contributed by atoms with van der Waals surface area (Å²) < 4.78 is 10.9. The average Bonchev–Trinajstić information content (AvgIpc) is 2.65. The molecule has 1 saturated heterocycles. The molecule has 25 heavy (non-hydrogen) atoms. The molecule has 1 fully saturated rings. The van der Waals surface area contributed by atoms with Crippen LogP contribution in [0.4, 0.5) is 4.79 Å². The third-order valence-electron chi connectivity index (χ3n) is 4.43. The summed E-state index contributed by atoms with van der Waals surface area (Å²) in [7, 11) is 1.65. The molecule has 3 rings (SSSR count). The highest BCUT2D eigenvalue weighted by molar-refractivity contribution is 5.79. The van der Waals surface area contributed by atoms with Crippen molar-refractivity contribution >= 4 is 12.1 Å². The highest BCUT2D eigenvalue weighted by atomic mass is 16.6. The Morgan fingerprint density at radius 2 is 1.60 bits per heavy atom. The summed E-state index contributed by atoms with van der Waals surface area (Å²) in [6.45, 7) is 2.04. The number of carbonyl (C=O) groups is 2. The Hall–Kier alpha value is -2.82. The Balaban J connectivity index is 2.08. The molecule has 0 aromatic heterocycles. The number of rotatable bonds is 4. The summed E-state index contributed by atoms with van der Waals surface area (Å²) in [5.74, 6) is -1.02. The molecule has 2 aromatic rings. The molecule has 0 saturated carbocycles. The largest absolute Gasteiger partial charge is 0.466 e. The predicted octanol–water partition coefficient (Wildman–Crippen LogP) is 3.73. The quantitative estimate of drug-likeness (QED) is 0.797. The third kappa shape index (κ3) is 3.36. The molecule has 0 bridgehead atoms. The van der Waals surface area contributed by atoms with Gasteiger partial charge in [0.1, 0.15) is 12.0 Å². The van der Waals surface area contributed by atoms with Crippen molar-refractivity contribution in [3.63, 3.8) is 0 Å². The maximum atomic E-state index is 12.8. The molecule has 0 aliphatic carbocycles. The van der Waals surface area contributed by atoms with Crippen LogP contribution in [-0.4, -0.2) is 30.6 Å². The van der Waals surface area contributed by atoms with Crippen LogP contribution in [0, 0.1) is 5.92 Å². The third-order valence-corrected chi connectivity index (χ3v) is 4.43. The number of cyclic esters (lactones) is 1. The minimum Gasteiger partial charge on any atom is -0.466 e. The number of nitrogens with zero attached hydrogens (tertiary/aromatic N) is 1. The SMILES string of the molecule is CCOC(=O)C1C(c2ccccc2)OC(=O)N(C)C1c1ccccc1. The van der Waals surface area contributed by atoms with Crippen molar-refractivity contribution < 1.29 is 19.1 Å². The number of amides is 1. The molecule has 0 spiro atoms. The number of ether oxygens (including phenoxy) is 2. The fraction of sp³-hybridized carbons (Fsp3) is 0.300. The van der Waals surface area contributed by atoms with Crippen molar-refractivity contribution in [3.8, 4) is 0 Å². The van der Waals surface area contributed by atoms with Gasteiger partial charge in [-0.1, -0.05) is 60.7 Å². The Kier molecular flexibility index (Phi) is 5.03. The van der Waals surface area contributed by atoms with Crippen LogP contribution in [0.3, 0.4) is 0 Å². The first-order chi connectivity index (χ1) is 12.1. The number of hydrogen-bond donors (Lipinski definition) is 0. The van der Waals surface area contributed by atoms with Gasteiger partial charge in [0.25, 0.3) is 0 Å². The van der Waals surface area contributed by atoms with Gasteiger partial charge in [-0.2, -0.15) is 0 Å². The van der Waals surface area contributed by atoms with Crippen molar-refractivity contribution in [2.75, 3.05) is 13.7 Å². The van der Waals surface area contributed by atoms with E-state index in [1.54, 1.807) is 14.0 Å². The normalized spacial score (nSPS) is 23.0. The highest BCUT2D eigenvalue weighted by Gasteiger charge is 2.48. The van der Waals surface area contributed by atoms with Crippen LogP contribution >= 0.6 is 0 Å². The van der Waals surface area contributed by atoms with Gasteiger partial charge in [-0.25, -0.2) is 4.79 Å². The first-order valence-corrected chi connectivity index (χ1v) is 8.33. The molecular formula is C20H21NO4. The van der Waals surface area contributed by atoms with Gasteiger partial charge in [0.15, 0.2) is 0 Å². The van der Waals surface area contributed by atoms with Crippen molar-refractivity contribution in [2.24, 2.45) is 5.92 Å². The van der Waals surface area contributed by atoms with Crippen molar-refractivity contribution in [1.82, 2.24) is 4.90 Å². The molecule has 5 nitrogen and oxygen atoms in total. The Bertz CT molecular complexity index is 732. The van der Waals surface area contributed by atoms with E-state index in [-0.39, 0.29) is 12.6 Å². The van der Waals surface area contributed by atoms with Gasteiger partial charge >= 0.3 is 12.1 Å². The van der Waals surface area contributed by atoms with Gasteiger partial charge in [-0.05, 0) is 18.1 Å². The minimum atomic E-state index is -0.686. The zero-order chi connectivity index (χ0) is 17.8. The molecule has 3 atom stereocenters. The van der Waals surface area contributed by atoms with E-state index in [9.17, 15) is 9.59 Å². The first-order valence-electron chi connectivity index (χ1n) is 8.33. The Morgan fingerprint density at radius 1 is 1.04 bits per heavy atom. The van der Waals surface area contributed by atoms with E-state index in [0.717, 1.165) is 11.1 Å². The lowest BCUT2D eigenvalue weighted by atomic mass is 9.83. The zero-order valence-electron chi connectivity index (χ0n) is 14.3. The van der Waals surface area contributed by atoms with E-state index in [0.29, 0.717) is 0 Å². The van der Waals surface area contributed by atoms with Crippen LogP contribution in [-0.2, 0) is 14.3 Å². The summed E-state index contributed by atoms with van der Waals surface area (Å²) >= 11 is 0. The molecule has 0 N–H and O–H groups in total. The molecular weight excluding hydrogens is 318 g/mol. The van der Waals surface area contributed by atoms with E-state index in [2.05, 4.69) is 0 Å². The lowest BCUT2D eigenvalue weighted by Crippen LogP contribution is -2.48. The number of carbonyl (C=O) groups excluding carboxylic acids is 2. The van der Waals surface area contributed by atoms with E-state index in [1.165, 1.54) is 4.90 Å². The predicted molar refractivity (Wildman–Crippen MR) is 92.7 cm³/mol. The minimum absolute atomic E-state index is 0.274. The van der Waals surface area contributed by atoms with Crippen LogP contribution in [0.5, 0.6) is 0 Å². The molecule has 1 amide bonds. The van der Waals surface area contributed by atoms with Gasteiger partial charge in [-0.3, -0.25) is 4.79 Å². The van der Waals surface area contributed by atoms with Crippen LogP contribution in [0.15, 0.2) is 60.7 Å². The van der Waals surface area contributed by atoms with E-state index in [1.807, 2.05) is 60.7 Å². The number of hydrogen-bond acceptors (Lipinski definition) is 4. The molecule has 0 radical (unpaired) electrons. The van der Waals surface area contributed by atoms with Gasteiger partial charge in [0, 0.05) is 7.05 Å². The maximum Gasteiger partial charge on any atom is 0.410 e. The summed E-state index contributed by atoms with van der Waals surface area (Å²) in [6, 6.07) is 18.4. The smallest absolute Gasteiger partial charge is 0.410 e. The molecule has 1 aliphatic heterocycles.